The van der Waals surface area contributed by atoms with Gasteiger partial charge in [-0.2, -0.15) is 0 Å². The maximum atomic E-state index is 11.7. The number of carbonyl (C=O) groups is 1. The zero-order valence-corrected chi connectivity index (χ0v) is 15.8. The van der Waals surface area contributed by atoms with Crippen LogP contribution in [0.3, 0.4) is 0 Å². The monoisotopic (exact) mass is 355 g/mol. The number of amides is 1. The van der Waals surface area contributed by atoms with Gasteiger partial charge in [0.2, 0.25) is 0 Å². The highest BCUT2D eigenvalue weighted by Crippen LogP contribution is 2.26. The summed E-state index contributed by atoms with van der Waals surface area (Å²) in [4.78, 5) is 20.3. The number of piperidine rings is 1. The van der Waals surface area contributed by atoms with Gasteiger partial charge in [0.1, 0.15) is 0 Å². The van der Waals surface area contributed by atoms with Crippen molar-refractivity contribution in [1.82, 2.24) is 15.1 Å². The van der Waals surface area contributed by atoms with Crippen LogP contribution >= 0.6 is 0 Å². The summed E-state index contributed by atoms with van der Waals surface area (Å²) < 4.78 is 10.5. The Bertz CT molecular complexity index is 455. The lowest BCUT2D eigenvalue weighted by Gasteiger charge is -2.41. The first-order chi connectivity index (χ1) is 12.0. The second-order valence-corrected chi connectivity index (χ2v) is 7.04. The van der Waals surface area contributed by atoms with E-state index in [1.807, 2.05) is 6.92 Å². The predicted molar refractivity (Wildman–Crippen MR) is 97.7 cm³/mol. The molecule has 0 bridgehead atoms. The van der Waals surface area contributed by atoms with Gasteiger partial charge in [-0.15, -0.1) is 0 Å². The Morgan fingerprint density at radius 1 is 1.36 bits per heavy atom. The molecule has 2 rings (SSSR count). The van der Waals surface area contributed by atoms with E-state index < -0.39 is 0 Å². The molecule has 2 saturated heterocycles. The number of hydrogen-bond acceptors (Lipinski definition) is 5. The van der Waals surface area contributed by atoms with E-state index in [0.717, 1.165) is 38.9 Å². The van der Waals surface area contributed by atoms with Crippen LogP contribution in [-0.4, -0.2) is 87.0 Å². The van der Waals surface area contributed by atoms with Crippen molar-refractivity contribution in [3.63, 3.8) is 0 Å². The highest BCUT2D eigenvalue weighted by Gasteiger charge is 2.34. The van der Waals surface area contributed by atoms with Gasteiger partial charge < -0.3 is 30.3 Å². The Hall–Kier alpha value is -1.54. The number of nitrogens with two attached hydrogens (primary N) is 1. The van der Waals surface area contributed by atoms with E-state index in [1.54, 1.807) is 4.90 Å². The van der Waals surface area contributed by atoms with Gasteiger partial charge in [-0.3, -0.25) is 4.99 Å². The van der Waals surface area contributed by atoms with E-state index in [9.17, 15) is 4.79 Å². The van der Waals surface area contributed by atoms with Crippen molar-refractivity contribution in [2.75, 3.05) is 53.6 Å². The Morgan fingerprint density at radius 2 is 2.00 bits per heavy atom. The standard InChI is InChI=1S/C17H33N5O3/c1-4-25-16(23)22-9-5-14(6-10-22)20-15(18)19-13-17(21(2)3)7-11-24-12-8-17/h14H,4-13H2,1-3H3,(H3,18,19,20). The summed E-state index contributed by atoms with van der Waals surface area (Å²) in [6.45, 7) is 5.81. The fourth-order valence-electron chi connectivity index (χ4n) is 3.41. The van der Waals surface area contributed by atoms with E-state index in [0.29, 0.717) is 32.2 Å². The first-order valence-corrected chi connectivity index (χ1v) is 9.20. The van der Waals surface area contributed by atoms with Gasteiger partial charge in [0.15, 0.2) is 5.96 Å². The minimum atomic E-state index is -0.227. The normalized spacial score (nSPS) is 22.1. The van der Waals surface area contributed by atoms with Crippen molar-refractivity contribution in [3.05, 3.63) is 0 Å². The Balaban J connectivity index is 1.80. The van der Waals surface area contributed by atoms with Gasteiger partial charge in [-0.1, -0.05) is 0 Å². The molecule has 2 fully saturated rings. The molecule has 2 aliphatic heterocycles. The number of aliphatic imine (C=N–C) groups is 1. The summed E-state index contributed by atoms with van der Waals surface area (Å²) in [5.41, 5.74) is 6.13. The summed E-state index contributed by atoms with van der Waals surface area (Å²) in [6, 6.07) is 0.249. The second-order valence-electron chi connectivity index (χ2n) is 7.04. The third kappa shape index (κ3) is 5.47. The molecule has 0 spiro atoms. The first-order valence-electron chi connectivity index (χ1n) is 9.20. The summed E-state index contributed by atoms with van der Waals surface area (Å²) in [7, 11) is 4.19. The summed E-state index contributed by atoms with van der Waals surface area (Å²) in [6.07, 6.45) is 3.40. The topological polar surface area (TPSA) is 92.4 Å². The van der Waals surface area contributed by atoms with E-state index in [2.05, 4.69) is 29.3 Å². The first kappa shape index (κ1) is 19.8. The molecule has 0 aromatic rings. The molecule has 25 heavy (non-hydrogen) atoms. The number of likely N-dealkylation sites (tertiary alicyclic amines) is 1. The third-order valence-corrected chi connectivity index (χ3v) is 5.29. The number of nitrogens with zero attached hydrogens (tertiary/aromatic N) is 3. The molecule has 2 heterocycles. The number of carbonyl (C=O) groups excluding carboxylic acids is 1. The van der Waals surface area contributed by atoms with Crippen LogP contribution in [-0.2, 0) is 9.47 Å². The molecule has 0 aliphatic carbocycles. The number of rotatable bonds is 5. The number of hydrogen-bond donors (Lipinski definition) is 2. The highest BCUT2D eigenvalue weighted by molar-refractivity contribution is 5.78. The molecule has 0 aromatic heterocycles. The minimum absolute atomic E-state index is 0.0256. The van der Waals surface area contributed by atoms with Crippen molar-refractivity contribution in [3.8, 4) is 0 Å². The van der Waals surface area contributed by atoms with E-state index in [1.165, 1.54) is 0 Å². The maximum absolute atomic E-state index is 11.7. The fourth-order valence-corrected chi connectivity index (χ4v) is 3.41. The molecule has 0 atom stereocenters. The van der Waals surface area contributed by atoms with Gasteiger partial charge in [0.25, 0.3) is 0 Å². The third-order valence-electron chi connectivity index (χ3n) is 5.29. The van der Waals surface area contributed by atoms with Crippen molar-refractivity contribution < 1.29 is 14.3 Å². The van der Waals surface area contributed by atoms with Crippen LogP contribution in [0.15, 0.2) is 4.99 Å². The zero-order valence-electron chi connectivity index (χ0n) is 15.8. The molecule has 3 N–H and O–H groups in total. The van der Waals surface area contributed by atoms with E-state index in [4.69, 9.17) is 15.2 Å². The van der Waals surface area contributed by atoms with Gasteiger partial charge in [-0.05, 0) is 46.7 Å². The molecule has 0 saturated carbocycles. The quantitative estimate of drug-likeness (QED) is 0.555. The van der Waals surface area contributed by atoms with Crippen LogP contribution in [0, 0.1) is 0 Å². The van der Waals surface area contributed by atoms with Crippen molar-refractivity contribution in [2.45, 2.75) is 44.2 Å². The number of likely N-dealkylation sites (N-methyl/N-ethyl adjacent to an activating group) is 1. The SMILES string of the molecule is CCOC(=O)N1CCC(NC(N)=NCC2(N(C)C)CCOCC2)CC1. The average molecular weight is 355 g/mol. The molecule has 2 aliphatic rings. The molecule has 0 radical (unpaired) electrons. The zero-order chi connectivity index (χ0) is 18.3. The molecule has 0 aromatic carbocycles. The molecule has 1 amide bonds. The van der Waals surface area contributed by atoms with Crippen LogP contribution < -0.4 is 11.1 Å². The maximum Gasteiger partial charge on any atom is 0.409 e. The van der Waals surface area contributed by atoms with Gasteiger partial charge in [-0.25, -0.2) is 4.79 Å². The van der Waals surface area contributed by atoms with Crippen LogP contribution in [0.4, 0.5) is 4.79 Å². The molecule has 8 heteroatoms. The summed E-state index contributed by atoms with van der Waals surface area (Å²) >= 11 is 0. The Kier molecular flexibility index (Phi) is 7.31. The lowest BCUT2D eigenvalue weighted by Crippen LogP contribution is -2.52. The van der Waals surface area contributed by atoms with E-state index >= 15 is 0 Å². The molecular weight excluding hydrogens is 322 g/mol. The Morgan fingerprint density at radius 3 is 2.56 bits per heavy atom. The fraction of sp³-hybridized carbons (Fsp3) is 0.882. The van der Waals surface area contributed by atoms with Crippen LogP contribution in [0.5, 0.6) is 0 Å². The lowest BCUT2D eigenvalue weighted by atomic mass is 9.89. The largest absolute Gasteiger partial charge is 0.450 e. The van der Waals surface area contributed by atoms with Crippen LogP contribution in [0.25, 0.3) is 0 Å². The van der Waals surface area contributed by atoms with Gasteiger partial charge in [0, 0.05) is 37.9 Å². The minimum Gasteiger partial charge on any atom is -0.450 e. The average Bonchev–Trinajstić information content (AvgIpc) is 2.61. The van der Waals surface area contributed by atoms with Gasteiger partial charge in [0.05, 0.1) is 13.2 Å². The number of guanidine groups is 1. The predicted octanol–water partition coefficient (Wildman–Crippen LogP) is 0.622. The van der Waals surface area contributed by atoms with Crippen LogP contribution in [0.1, 0.15) is 32.6 Å². The number of nitrogens with one attached hydrogen (secondary N) is 1. The smallest absolute Gasteiger partial charge is 0.409 e. The summed E-state index contributed by atoms with van der Waals surface area (Å²) in [5, 5.41) is 3.31. The molecule has 0 unspecified atom stereocenters. The van der Waals surface area contributed by atoms with E-state index in [-0.39, 0.29) is 17.7 Å². The second kappa shape index (κ2) is 9.24. The van der Waals surface area contributed by atoms with Gasteiger partial charge >= 0.3 is 6.09 Å². The van der Waals surface area contributed by atoms with Crippen molar-refractivity contribution >= 4 is 12.1 Å². The Labute approximate surface area is 150 Å². The van der Waals surface area contributed by atoms with Crippen LogP contribution in [0.2, 0.25) is 0 Å². The highest BCUT2D eigenvalue weighted by atomic mass is 16.6. The lowest BCUT2D eigenvalue weighted by molar-refractivity contribution is -0.00254. The molecular formula is C17H33N5O3. The molecule has 144 valence electrons. The van der Waals surface area contributed by atoms with Crippen molar-refractivity contribution in [1.29, 1.82) is 0 Å². The number of ether oxygens (including phenoxy) is 2. The van der Waals surface area contributed by atoms with Crippen molar-refractivity contribution in [2.24, 2.45) is 10.7 Å². The molecule has 8 nitrogen and oxygen atoms in total. The summed E-state index contributed by atoms with van der Waals surface area (Å²) in [5.74, 6) is 0.488.